The molecule has 0 unspecified atom stereocenters. The van der Waals surface area contributed by atoms with Crippen molar-refractivity contribution in [2.24, 2.45) is 0 Å². The highest BCUT2D eigenvalue weighted by atomic mass is 32.1. The smallest absolute Gasteiger partial charge is 0.422 e. The van der Waals surface area contributed by atoms with Gasteiger partial charge in [0.15, 0.2) is 6.29 Å². The van der Waals surface area contributed by atoms with Crippen LogP contribution in [0.5, 0.6) is 0 Å². The Hall–Kier alpha value is -1.95. The third-order valence-corrected chi connectivity index (χ3v) is 3.35. The summed E-state index contributed by atoms with van der Waals surface area (Å²) in [6.45, 7) is 5.17. The number of hydrogen-bond donors (Lipinski definition) is 0. The van der Waals surface area contributed by atoms with E-state index in [2.05, 4.69) is 0 Å². The SMILES string of the molecule is CC(C)(C)OC(=O)n1c(=O)sc2c(C=O)cccc21. The number of nitrogens with zero attached hydrogens (tertiary/aromatic N) is 1. The average Bonchev–Trinajstić information content (AvgIpc) is 2.62. The van der Waals surface area contributed by atoms with Gasteiger partial charge in [0.1, 0.15) is 5.60 Å². The van der Waals surface area contributed by atoms with Crippen molar-refractivity contribution in [3.05, 3.63) is 33.4 Å². The molecule has 2 rings (SSSR count). The second kappa shape index (κ2) is 4.62. The molecular formula is C13H13NO4S. The second-order valence-electron chi connectivity index (χ2n) is 5.00. The minimum absolute atomic E-state index is 0.391. The summed E-state index contributed by atoms with van der Waals surface area (Å²) in [7, 11) is 0. The Bertz CT molecular complexity index is 705. The van der Waals surface area contributed by atoms with Gasteiger partial charge in [-0.3, -0.25) is 9.59 Å². The molecule has 0 radical (unpaired) electrons. The molecule has 19 heavy (non-hydrogen) atoms. The fraction of sp³-hybridized carbons (Fsp3) is 0.308. The molecule has 0 aliphatic carbocycles. The van der Waals surface area contributed by atoms with Gasteiger partial charge in [-0.2, -0.15) is 0 Å². The van der Waals surface area contributed by atoms with E-state index in [0.29, 0.717) is 22.1 Å². The predicted molar refractivity (Wildman–Crippen MR) is 73.1 cm³/mol. The summed E-state index contributed by atoms with van der Waals surface area (Å²) < 4.78 is 6.64. The number of carbonyl (C=O) groups excluding carboxylic acids is 2. The molecule has 1 heterocycles. The Balaban J connectivity index is 2.62. The standard InChI is InChI=1S/C13H13NO4S/c1-13(2,3)18-11(16)14-9-6-4-5-8(7-15)10(9)19-12(14)17/h4-7H,1-3H3. The van der Waals surface area contributed by atoms with Gasteiger partial charge in [0.25, 0.3) is 0 Å². The highest BCUT2D eigenvalue weighted by Crippen LogP contribution is 2.21. The van der Waals surface area contributed by atoms with Crippen LogP contribution in [0.25, 0.3) is 10.2 Å². The van der Waals surface area contributed by atoms with Crippen LogP contribution in [-0.4, -0.2) is 22.5 Å². The summed E-state index contributed by atoms with van der Waals surface area (Å²) in [4.78, 5) is 34.4. The maximum absolute atomic E-state index is 12.0. The topological polar surface area (TPSA) is 65.4 Å². The Labute approximate surface area is 113 Å². The van der Waals surface area contributed by atoms with Crippen LogP contribution in [0, 0.1) is 0 Å². The Morgan fingerprint density at radius 1 is 1.37 bits per heavy atom. The van der Waals surface area contributed by atoms with E-state index >= 15 is 0 Å². The van der Waals surface area contributed by atoms with Crippen molar-refractivity contribution in [1.29, 1.82) is 0 Å². The van der Waals surface area contributed by atoms with E-state index in [0.717, 1.165) is 15.9 Å². The zero-order valence-electron chi connectivity index (χ0n) is 10.8. The van der Waals surface area contributed by atoms with Crippen molar-refractivity contribution in [3.63, 3.8) is 0 Å². The lowest BCUT2D eigenvalue weighted by Gasteiger charge is -2.19. The van der Waals surface area contributed by atoms with Gasteiger partial charge in [0.2, 0.25) is 0 Å². The summed E-state index contributed by atoms with van der Waals surface area (Å²) in [5.41, 5.74) is 0.100. The van der Waals surface area contributed by atoms with E-state index in [-0.39, 0.29) is 0 Å². The lowest BCUT2D eigenvalue weighted by atomic mass is 10.2. The fourth-order valence-electron chi connectivity index (χ4n) is 1.63. The van der Waals surface area contributed by atoms with Crippen molar-refractivity contribution in [1.82, 2.24) is 4.57 Å². The number of rotatable bonds is 1. The molecule has 0 bridgehead atoms. The third kappa shape index (κ3) is 2.58. The van der Waals surface area contributed by atoms with Crippen molar-refractivity contribution < 1.29 is 14.3 Å². The zero-order valence-corrected chi connectivity index (χ0v) is 11.6. The van der Waals surface area contributed by atoms with E-state index in [1.807, 2.05) is 0 Å². The van der Waals surface area contributed by atoms with Crippen LogP contribution in [0.4, 0.5) is 4.79 Å². The Morgan fingerprint density at radius 3 is 2.63 bits per heavy atom. The first kappa shape index (κ1) is 13.5. The van der Waals surface area contributed by atoms with E-state index < -0.39 is 16.6 Å². The number of hydrogen-bond acceptors (Lipinski definition) is 5. The fourth-order valence-corrected chi connectivity index (χ4v) is 2.57. The number of aromatic nitrogens is 1. The van der Waals surface area contributed by atoms with Crippen molar-refractivity contribution in [2.75, 3.05) is 0 Å². The minimum atomic E-state index is -0.730. The molecule has 0 saturated heterocycles. The van der Waals surface area contributed by atoms with Crippen molar-refractivity contribution >= 4 is 33.9 Å². The highest BCUT2D eigenvalue weighted by molar-refractivity contribution is 7.16. The number of aldehydes is 1. The van der Waals surface area contributed by atoms with Crippen LogP contribution in [0.15, 0.2) is 23.0 Å². The second-order valence-corrected chi connectivity index (χ2v) is 5.96. The normalized spacial score (nSPS) is 11.5. The first-order chi connectivity index (χ1) is 8.83. The number of ether oxygens (including phenoxy) is 1. The van der Waals surface area contributed by atoms with Gasteiger partial charge in [-0.15, -0.1) is 0 Å². The van der Waals surface area contributed by atoms with Crippen LogP contribution in [0.1, 0.15) is 31.1 Å². The molecule has 1 aromatic carbocycles. The first-order valence-corrected chi connectivity index (χ1v) is 6.48. The van der Waals surface area contributed by atoms with Gasteiger partial charge in [-0.1, -0.05) is 23.5 Å². The molecular weight excluding hydrogens is 266 g/mol. The molecule has 0 aliphatic heterocycles. The molecule has 0 amide bonds. The quantitative estimate of drug-likeness (QED) is 0.753. The summed E-state index contributed by atoms with van der Waals surface area (Å²) in [5.74, 6) is 0. The van der Waals surface area contributed by atoms with E-state index in [1.165, 1.54) is 0 Å². The maximum Gasteiger partial charge on any atom is 0.422 e. The van der Waals surface area contributed by atoms with Crippen LogP contribution in [-0.2, 0) is 4.74 Å². The molecule has 5 nitrogen and oxygen atoms in total. The number of carbonyl (C=O) groups is 2. The Kier molecular flexibility index (Phi) is 3.28. The van der Waals surface area contributed by atoms with Gasteiger partial charge in [-0.25, -0.2) is 9.36 Å². The zero-order chi connectivity index (χ0) is 14.2. The number of benzene rings is 1. The monoisotopic (exact) mass is 279 g/mol. The van der Waals surface area contributed by atoms with Gasteiger partial charge in [0.05, 0.1) is 10.2 Å². The largest absolute Gasteiger partial charge is 0.443 e. The van der Waals surface area contributed by atoms with Gasteiger partial charge < -0.3 is 4.74 Å². The summed E-state index contributed by atoms with van der Waals surface area (Å²) in [6, 6.07) is 4.84. The lowest BCUT2D eigenvalue weighted by Crippen LogP contribution is -2.31. The molecule has 0 N–H and O–H groups in total. The van der Waals surface area contributed by atoms with E-state index in [9.17, 15) is 14.4 Å². The highest BCUT2D eigenvalue weighted by Gasteiger charge is 2.22. The van der Waals surface area contributed by atoms with Crippen LogP contribution in [0.3, 0.4) is 0 Å². The average molecular weight is 279 g/mol. The van der Waals surface area contributed by atoms with Gasteiger partial charge >= 0.3 is 11.0 Å². The van der Waals surface area contributed by atoms with Crippen LogP contribution < -0.4 is 4.87 Å². The van der Waals surface area contributed by atoms with E-state index in [4.69, 9.17) is 4.74 Å². The Morgan fingerprint density at radius 2 is 2.05 bits per heavy atom. The van der Waals surface area contributed by atoms with Crippen LogP contribution in [0.2, 0.25) is 0 Å². The van der Waals surface area contributed by atoms with Gasteiger partial charge in [-0.05, 0) is 26.8 Å². The summed E-state index contributed by atoms with van der Waals surface area (Å²) in [6.07, 6.45) is -0.0654. The molecule has 0 fully saturated rings. The number of fused-ring (bicyclic) bond motifs is 1. The number of thiazole rings is 1. The predicted octanol–water partition coefficient (Wildman–Crippen LogP) is 2.66. The van der Waals surface area contributed by atoms with Crippen molar-refractivity contribution in [3.8, 4) is 0 Å². The summed E-state index contributed by atoms with van der Waals surface area (Å²) >= 11 is 0.860. The molecule has 0 aliphatic rings. The summed E-state index contributed by atoms with van der Waals surface area (Å²) in [5, 5.41) is 0. The molecule has 6 heteroatoms. The molecule has 1 aromatic heterocycles. The maximum atomic E-state index is 12.0. The van der Waals surface area contributed by atoms with Crippen LogP contribution >= 0.6 is 11.3 Å². The van der Waals surface area contributed by atoms with Gasteiger partial charge in [0, 0.05) is 5.56 Å². The first-order valence-electron chi connectivity index (χ1n) is 5.66. The third-order valence-electron chi connectivity index (χ3n) is 2.34. The minimum Gasteiger partial charge on any atom is -0.443 e. The van der Waals surface area contributed by atoms with Crippen molar-refractivity contribution in [2.45, 2.75) is 26.4 Å². The molecule has 100 valence electrons. The lowest BCUT2D eigenvalue weighted by molar-refractivity contribution is 0.0541. The molecule has 0 saturated carbocycles. The molecule has 0 spiro atoms. The molecule has 0 atom stereocenters. The molecule has 2 aromatic rings. The van der Waals surface area contributed by atoms with E-state index in [1.54, 1.807) is 39.0 Å².